The molecule has 0 fully saturated rings. The Bertz CT molecular complexity index is 304. The third-order valence-corrected chi connectivity index (χ3v) is 3.31. The summed E-state index contributed by atoms with van der Waals surface area (Å²) in [4.78, 5) is 0. The molecule has 0 amide bonds. The number of hydrogen-bond acceptors (Lipinski definition) is 1. The van der Waals surface area contributed by atoms with Crippen molar-refractivity contribution in [1.82, 2.24) is 0 Å². The van der Waals surface area contributed by atoms with Gasteiger partial charge in [-0.3, -0.25) is 0 Å². The third-order valence-electron chi connectivity index (χ3n) is 3.31. The van der Waals surface area contributed by atoms with E-state index in [9.17, 15) is 0 Å². The van der Waals surface area contributed by atoms with E-state index in [1.165, 1.54) is 16.7 Å². The molecule has 0 aliphatic heterocycles. The Hall–Kier alpha value is -0.820. The van der Waals surface area contributed by atoms with Gasteiger partial charge in [0.25, 0.3) is 0 Å². The van der Waals surface area contributed by atoms with Gasteiger partial charge in [-0.2, -0.15) is 0 Å². The van der Waals surface area contributed by atoms with Crippen LogP contribution in [0.25, 0.3) is 0 Å². The van der Waals surface area contributed by atoms with Crippen LogP contribution in [0.2, 0.25) is 0 Å². The minimum atomic E-state index is 0.163. The van der Waals surface area contributed by atoms with Crippen LogP contribution in [0.15, 0.2) is 34.9 Å². The van der Waals surface area contributed by atoms with Crippen LogP contribution in [0.1, 0.15) is 60.3 Å². The van der Waals surface area contributed by atoms with Crippen LogP contribution >= 0.6 is 0 Å². The van der Waals surface area contributed by atoms with Gasteiger partial charge < -0.3 is 5.11 Å². The second kappa shape index (κ2) is 10.1. The first kappa shape index (κ1) is 17.2. The zero-order valence-electron chi connectivity index (χ0n) is 12.8. The van der Waals surface area contributed by atoms with Gasteiger partial charge in [0, 0.05) is 0 Å². The summed E-state index contributed by atoms with van der Waals surface area (Å²) in [6, 6.07) is 0. The highest BCUT2D eigenvalue weighted by atomic mass is 16.2. The summed E-state index contributed by atoms with van der Waals surface area (Å²) in [7, 11) is 0. The van der Waals surface area contributed by atoms with Crippen molar-refractivity contribution < 1.29 is 5.11 Å². The van der Waals surface area contributed by atoms with E-state index in [1.54, 1.807) is 0 Å². The summed E-state index contributed by atoms with van der Waals surface area (Å²) in [6.07, 6.45) is 11.0. The summed E-state index contributed by atoms with van der Waals surface area (Å²) in [5.74, 6) is 0.542. The standard InChI is InChI=1S/C17H30O/c1-6-17(12-13-18)16(5)11-10-15(4)9-7-8-14(2)3/h8,10,12,16,18H,6-7,9,11,13H2,1-5H3/b15-10+,17-12+. The van der Waals surface area contributed by atoms with Gasteiger partial charge in [0.2, 0.25) is 0 Å². The van der Waals surface area contributed by atoms with Crippen molar-refractivity contribution in [3.63, 3.8) is 0 Å². The lowest BCUT2D eigenvalue weighted by atomic mass is 9.94. The SMILES string of the molecule is CC/C(=C\CO)C(C)C/C=C(\C)CCC=C(C)C. The van der Waals surface area contributed by atoms with Crippen molar-refractivity contribution in [3.8, 4) is 0 Å². The van der Waals surface area contributed by atoms with Crippen molar-refractivity contribution in [2.45, 2.75) is 60.3 Å². The monoisotopic (exact) mass is 250 g/mol. The largest absolute Gasteiger partial charge is 0.392 e. The highest BCUT2D eigenvalue weighted by Crippen LogP contribution is 2.20. The Labute approximate surface area is 113 Å². The van der Waals surface area contributed by atoms with E-state index in [4.69, 9.17) is 5.11 Å². The molecule has 0 spiro atoms. The summed E-state index contributed by atoms with van der Waals surface area (Å²) in [5, 5.41) is 8.96. The molecule has 0 heterocycles. The molecule has 18 heavy (non-hydrogen) atoms. The van der Waals surface area contributed by atoms with Gasteiger partial charge in [-0.05, 0) is 52.4 Å². The molecule has 1 N–H and O–H groups in total. The van der Waals surface area contributed by atoms with Gasteiger partial charge in [0.1, 0.15) is 0 Å². The molecule has 0 rings (SSSR count). The molecule has 0 saturated heterocycles. The fourth-order valence-electron chi connectivity index (χ4n) is 2.03. The molecule has 0 bridgehead atoms. The van der Waals surface area contributed by atoms with Crippen LogP contribution in [-0.2, 0) is 0 Å². The molecule has 0 aliphatic carbocycles. The predicted octanol–water partition coefficient (Wildman–Crippen LogP) is 5.03. The van der Waals surface area contributed by atoms with E-state index in [-0.39, 0.29) is 6.61 Å². The second-order valence-corrected chi connectivity index (χ2v) is 5.32. The lowest BCUT2D eigenvalue weighted by Crippen LogP contribution is -1.99. The normalized spacial score (nSPS) is 14.6. The van der Waals surface area contributed by atoms with Crippen LogP contribution in [0.5, 0.6) is 0 Å². The number of allylic oxidation sites excluding steroid dienone is 5. The Morgan fingerprint density at radius 3 is 2.28 bits per heavy atom. The van der Waals surface area contributed by atoms with Gasteiger partial charge in [0.15, 0.2) is 0 Å². The van der Waals surface area contributed by atoms with Crippen molar-refractivity contribution >= 4 is 0 Å². The maximum atomic E-state index is 8.96. The van der Waals surface area contributed by atoms with E-state index >= 15 is 0 Å². The van der Waals surface area contributed by atoms with Crippen molar-refractivity contribution in [2.24, 2.45) is 5.92 Å². The van der Waals surface area contributed by atoms with E-state index < -0.39 is 0 Å². The Morgan fingerprint density at radius 2 is 1.78 bits per heavy atom. The van der Waals surface area contributed by atoms with E-state index in [0.717, 1.165) is 25.7 Å². The average molecular weight is 250 g/mol. The molecule has 0 aromatic carbocycles. The number of aliphatic hydroxyl groups excluding tert-OH is 1. The Morgan fingerprint density at radius 1 is 1.11 bits per heavy atom. The molecule has 1 nitrogen and oxygen atoms in total. The van der Waals surface area contributed by atoms with Crippen molar-refractivity contribution in [1.29, 1.82) is 0 Å². The molecule has 1 heteroatoms. The van der Waals surface area contributed by atoms with E-state index in [1.807, 2.05) is 6.08 Å². The maximum Gasteiger partial charge on any atom is 0.0615 e. The lowest BCUT2D eigenvalue weighted by Gasteiger charge is -2.13. The van der Waals surface area contributed by atoms with Gasteiger partial charge in [-0.1, -0.05) is 48.8 Å². The van der Waals surface area contributed by atoms with Crippen molar-refractivity contribution in [2.75, 3.05) is 6.61 Å². The average Bonchev–Trinajstić information content (AvgIpc) is 2.32. The molecule has 0 saturated carbocycles. The zero-order valence-corrected chi connectivity index (χ0v) is 12.8. The highest BCUT2D eigenvalue weighted by Gasteiger charge is 2.05. The third kappa shape index (κ3) is 8.30. The molecule has 0 radical (unpaired) electrons. The summed E-state index contributed by atoms with van der Waals surface area (Å²) >= 11 is 0. The number of aliphatic hydroxyl groups is 1. The van der Waals surface area contributed by atoms with E-state index in [0.29, 0.717) is 5.92 Å². The number of rotatable bonds is 8. The molecule has 0 aliphatic rings. The van der Waals surface area contributed by atoms with Gasteiger partial charge in [0.05, 0.1) is 6.61 Å². The molecule has 1 atom stereocenters. The summed E-state index contributed by atoms with van der Waals surface area (Å²) < 4.78 is 0. The fraction of sp³-hybridized carbons (Fsp3) is 0.647. The van der Waals surface area contributed by atoms with Gasteiger partial charge in [-0.15, -0.1) is 0 Å². The van der Waals surface area contributed by atoms with Crippen molar-refractivity contribution in [3.05, 3.63) is 34.9 Å². The molecular formula is C17H30O. The predicted molar refractivity (Wildman–Crippen MR) is 81.7 cm³/mol. The van der Waals surface area contributed by atoms with E-state index in [2.05, 4.69) is 46.8 Å². The molecule has 0 aromatic rings. The minimum Gasteiger partial charge on any atom is -0.392 e. The van der Waals surface area contributed by atoms with Crippen LogP contribution < -0.4 is 0 Å². The fourth-order valence-corrected chi connectivity index (χ4v) is 2.03. The molecule has 0 aromatic heterocycles. The maximum absolute atomic E-state index is 8.96. The number of hydrogen-bond donors (Lipinski definition) is 1. The van der Waals surface area contributed by atoms with Crippen LogP contribution in [0.3, 0.4) is 0 Å². The van der Waals surface area contributed by atoms with Crippen LogP contribution in [-0.4, -0.2) is 11.7 Å². The first-order chi connectivity index (χ1) is 8.51. The van der Waals surface area contributed by atoms with Gasteiger partial charge >= 0.3 is 0 Å². The molecule has 1 unspecified atom stereocenters. The Balaban J connectivity index is 4.19. The smallest absolute Gasteiger partial charge is 0.0615 e. The lowest BCUT2D eigenvalue weighted by molar-refractivity contribution is 0.340. The topological polar surface area (TPSA) is 20.2 Å². The first-order valence-corrected chi connectivity index (χ1v) is 7.10. The zero-order chi connectivity index (χ0) is 14.0. The van der Waals surface area contributed by atoms with Crippen LogP contribution in [0, 0.1) is 5.92 Å². The first-order valence-electron chi connectivity index (χ1n) is 7.10. The second-order valence-electron chi connectivity index (χ2n) is 5.32. The summed E-state index contributed by atoms with van der Waals surface area (Å²) in [6.45, 7) is 11.1. The Kier molecular flexibility index (Phi) is 9.67. The highest BCUT2D eigenvalue weighted by molar-refractivity contribution is 5.09. The minimum absolute atomic E-state index is 0.163. The van der Waals surface area contributed by atoms with Crippen LogP contribution in [0.4, 0.5) is 0 Å². The van der Waals surface area contributed by atoms with Gasteiger partial charge in [-0.25, -0.2) is 0 Å². The molecule has 104 valence electrons. The quantitative estimate of drug-likeness (QED) is 0.599. The molecular weight excluding hydrogens is 220 g/mol. The summed E-state index contributed by atoms with van der Waals surface area (Å²) in [5.41, 5.74) is 4.24.